The maximum absolute atomic E-state index is 13.2. The molecule has 1 fully saturated rings. The molecule has 2 unspecified atom stereocenters. The molecule has 1 aromatic carbocycles. The van der Waals surface area contributed by atoms with E-state index in [0.717, 1.165) is 12.8 Å². The normalized spacial score (nSPS) is 20.2. The molecule has 0 aromatic heterocycles. The molecular weight excluding hydrogens is 354 g/mol. The molecule has 0 radical (unpaired) electrons. The minimum atomic E-state index is -3.97. The summed E-state index contributed by atoms with van der Waals surface area (Å²) in [7, 11) is -3.97. The Balaban J connectivity index is 0.00000288. The lowest BCUT2D eigenvalue weighted by Gasteiger charge is -2.37. The third kappa shape index (κ3) is 3.72. The standard InChI is InChI=1S/C15H23N3O4S.ClH/c1-10-7-8-14(18(19)20)15(11(10)2)23(21,22)17-9-5-4-6-13(17)12(3)16;/h7-8,12-13H,4-6,9,16H2,1-3H3;1H. The fourth-order valence-electron chi connectivity index (χ4n) is 3.12. The number of nitro groups is 1. The molecule has 0 spiro atoms. The van der Waals surface area contributed by atoms with Crippen LogP contribution in [0.2, 0.25) is 0 Å². The third-order valence-corrected chi connectivity index (χ3v) is 6.63. The number of benzene rings is 1. The van der Waals surface area contributed by atoms with E-state index in [1.165, 1.54) is 10.4 Å². The van der Waals surface area contributed by atoms with Crippen molar-refractivity contribution in [3.05, 3.63) is 33.4 Å². The largest absolute Gasteiger partial charge is 0.326 e. The first-order chi connectivity index (χ1) is 10.7. The monoisotopic (exact) mass is 377 g/mol. The van der Waals surface area contributed by atoms with Crippen LogP contribution in [0.5, 0.6) is 0 Å². The minimum absolute atomic E-state index is 0. The van der Waals surface area contributed by atoms with Crippen molar-refractivity contribution in [1.29, 1.82) is 0 Å². The van der Waals surface area contributed by atoms with Crippen LogP contribution in [0.25, 0.3) is 0 Å². The molecule has 1 saturated heterocycles. The van der Waals surface area contributed by atoms with Gasteiger partial charge in [0.25, 0.3) is 5.69 Å². The Hall–Kier alpha value is -1.22. The Bertz CT molecular complexity index is 722. The molecule has 1 heterocycles. The number of nitro benzene ring substituents is 1. The number of hydrogen-bond acceptors (Lipinski definition) is 5. The highest BCUT2D eigenvalue weighted by Crippen LogP contribution is 2.35. The number of halogens is 1. The SMILES string of the molecule is Cc1ccc([N+](=O)[O-])c(S(=O)(=O)N2CCCCC2C(C)N)c1C.Cl. The number of sulfonamides is 1. The van der Waals surface area contributed by atoms with Crippen molar-refractivity contribution < 1.29 is 13.3 Å². The van der Waals surface area contributed by atoms with Gasteiger partial charge in [0, 0.05) is 24.7 Å². The van der Waals surface area contributed by atoms with Gasteiger partial charge >= 0.3 is 0 Å². The zero-order valence-corrected chi connectivity index (χ0v) is 15.7. The first kappa shape index (κ1) is 20.8. The fourth-order valence-corrected chi connectivity index (χ4v) is 5.33. The van der Waals surface area contributed by atoms with Gasteiger partial charge in [0.05, 0.1) is 4.92 Å². The Morgan fingerprint density at radius 3 is 2.50 bits per heavy atom. The van der Waals surface area contributed by atoms with E-state index in [9.17, 15) is 18.5 Å². The van der Waals surface area contributed by atoms with Gasteiger partial charge in [0.15, 0.2) is 4.90 Å². The molecule has 0 aliphatic carbocycles. The number of rotatable bonds is 4. The van der Waals surface area contributed by atoms with Crippen LogP contribution in [0.15, 0.2) is 17.0 Å². The van der Waals surface area contributed by atoms with Crippen LogP contribution in [-0.4, -0.2) is 36.3 Å². The molecule has 1 aromatic rings. The second-order valence-electron chi connectivity index (χ2n) is 6.15. The van der Waals surface area contributed by atoms with Crippen LogP contribution < -0.4 is 5.73 Å². The zero-order chi connectivity index (χ0) is 17.4. The maximum Gasteiger partial charge on any atom is 0.289 e. The van der Waals surface area contributed by atoms with Crippen molar-refractivity contribution >= 4 is 28.1 Å². The van der Waals surface area contributed by atoms with Crippen LogP contribution in [-0.2, 0) is 10.0 Å². The molecule has 2 rings (SSSR count). The summed E-state index contributed by atoms with van der Waals surface area (Å²) in [4.78, 5) is 10.5. The lowest BCUT2D eigenvalue weighted by Crippen LogP contribution is -2.51. The van der Waals surface area contributed by atoms with E-state index in [0.29, 0.717) is 24.1 Å². The summed E-state index contributed by atoms with van der Waals surface area (Å²) in [5, 5.41) is 11.3. The van der Waals surface area contributed by atoms with Gasteiger partial charge in [-0.15, -0.1) is 12.4 Å². The quantitative estimate of drug-likeness (QED) is 0.640. The first-order valence-corrected chi connectivity index (χ1v) is 9.14. The van der Waals surface area contributed by atoms with E-state index in [1.54, 1.807) is 26.8 Å². The molecule has 136 valence electrons. The summed E-state index contributed by atoms with van der Waals surface area (Å²) < 4.78 is 27.7. The van der Waals surface area contributed by atoms with E-state index in [1.807, 2.05) is 0 Å². The predicted molar refractivity (Wildman–Crippen MR) is 95.0 cm³/mol. The van der Waals surface area contributed by atoms with Gasteiger partial charge in [0.1, 0.15) is 0 Å². The fraction of sp³-hybridized carbons (Fsp3) is 0.600. The Morgan fingerprint density at radius 2 is 1.96 bits per heavy atom. The maximum atomic E-state index is 13.2. The molecular formula is C15H24ClN3O4S. The lowest BCUT2D eigenvalue weighted by molar-refractivity contribution is -0.388. The van der Waals surface area contributed by atoms with E-state index >= 15 is 0 Å². The molecule has 0 saturated carbocycles. The number of aryl methyl sites for hydroxylation is 1. The summed E-state index contributed by atoms with van der Waals surface area (Å²) in [5.41, 5.74) is 6.72. The van der Waals surface area contributed by atoms with Gasteiger partial charge in [-0.3, -0.25) is 10.1 Å². The Labute approximate surface area is 148 Å². The Kier molecular flexibility index (Phi) is 6.75. The van der Waals surface area contributed by atoms with Crippen molar-refractivity contribution in [1.82, 2.24) is 4.31 Å². The number of hydrogen-bond donors (Lipinski definition) is 1. The summed E-state index contributed by atoms with van der Waals surface area (Å²) in [6.07, 6.45) is 2.32. The summed E-state index contributed by atoms with van der Waals surface area (Å²) in [6, 6.07) is 2.19. The van der Waals surface area contributed by atoms with E-state index in [2.05, 4.69) is 0 Å². The number of nitrogens with zero attached hydrogens (tertiary/aromatic N) is 2. The van der Waals surface area contributed by atoms with Crippen LogP contribution in [0, 0.1) is 24.0 Å². The summed E-state index contributed by atoms with van der Waals surface area (Å²) in [5.74, 6) is 0. The first-order valence-electron chi connectivity index (χ1n) is 7.70. The van der Waals surface area contributed by atoms with Crippen LogP contribution >= 0.6 is 12.4 Å². The molecule has 0 bridgehead atoms. The highest BCUT2D eigenvalue weighted by atomic mass is 35.5. The molecule has 9 heteroatoms. The van der Waals surface area contributed by atoms with Crippen molar-refractivity contribution in [2.45, 2.75) is 57.0 Å². The molecule has 7 nitrogen and oxygen atoms in total. The zero-order valence-electron chi connectivity index (χ0n) is 14.1. The van der Waals surface area contributed by atoms with Crippen molar-refractivity contribution in [3.8, 4) is 0 Å². The van der Waals surface area contributed by atoms with Crippen molar-refractivity contribution in [2.24, 2.45) is 5.73 Å². The average molecular weight is 378 g/mol. The van der Waals surface area contributed by atoms with Gasteiger partial charge in [0.2, 0.25) is 10.0 Å². The third-order valence-electron chi connectivity index (χ3n) is 4.52. The molecule has 24 heavy (non-hydrogen) atoms. The Morgan fingerprint density at radius 1 is 1.33 bits per heavy atom. The number of nitrogens with two attached hydrogens (primary N) is 1. The lowest BCUT2D eigenvalue weighted by atomic mass is 10.00. The molecule has 2 atom stereocenters. The summed E-state index contributed by atoms with van der Waals surface area (Å²) in [6.45, 7) is 5.48. The van der Waals surface area contributed by atoms with Crippen molar-refractivity contribution in [3.63, 3.8) is 0 Å². The molecule has 1 aliphatic rings. The topological polar surface area (TPSA) is 107 Å². The second-order valence-corrected chi connectivity index (χ2v) is 7.98. The molecule has 2 N–H and O–H groups in total. The smallest absolute Gasteiger partial charge is 0.289 e. The molecule has 1 aliphatic heterocycles. The van der Waals surface area contributed by atoms with Gasteiger partial charge in [-0.05, 0) is 44.7 Å². The highest BCUT2D eigenvalue weighted by molar-refractivity contribution is 7.89. The van der Waals surface area contributed by atoms with Crippen LogP contribution in [0.1, 0.15) is 37.3 Å². The van der Waals surface area contributed by atoms with Gasteiger partial charge in [-0.25, -0.2) is 8.42 Å². The van der Waals surface area contributed by atoms with Crippen LogP contribution in [0.3, 0.4) is 0 Å². The minimum Gasteiger partial charge on any atom is -0.326 e. The number of piperidine rings is 1. The average Bonchev–Trinajstić information content (AvgIpc) is 2.49. The van der Waals surface area contributed by atoms with Crippen LogP contribution in [0.4, 0.5) is 5.69 Å². The molecule has 0 amide bonds. The second kappa shape index (κ2) is 7.77. The predicted octanol–water partition coefficient (Wildman–Crippen LogP) is 2.52. The van der Waals surface area contributed by atoms with Gasteiger partial charge in [-0.1, -0.05) is 12.5 Å². The van der Waals surface area contributed by atoms with E-state index in [4.69, 9.17) is 5.73 Å². The highest BCUT2D eigenvalue weighted by Gasteiger charge is 2.39. The van der Waals surface area contributed by atoms with Crippen molar-refractivity contribution in [2.75, 3.05) is 6.54 Å². The summed E-state index contributed by atoms with van der Waals surface area (Å²) >= 11 is 0. The van der Waals surface area contributed by atoms with E-state index < -0.39 is 14.9 Å². The van der Waals surface area contributed by atoms with Gasteiger partial charge in [-0.2, -0.15) is 4.31 Å². The van der Waals surface area contributed by atoms with Gasteiger partial charge < -0.3 is 5.73 Å². The van der Waals surface area contributed by atoms with E-state index in [-0.39, 0.29) is 35.1 Å².